The van der Waals surface area contributed by atoms with Crippen molar-refractivity contribution in [2.24, 2.45) is 0 Å². The number of hydrogen-bond acceptors (Lipinski definition) is 3. The van der Waals surface area contributed by atoms with Gasteiger partial charge in [-0.15, -0.1) is 0 Å². The molecule has 1 heterocycles. The summed E-state index contributed by atoms with van der Waals surface area (Å²) in [6, 6.07) is 57.4. The fraction of sp³-hybridized carbons (Fsp3) is 0. The summed E-state index contributed by atoms with van der Waals surface area (Å²) in [5.74, 6) is 1.96. The second-order valence-corrected chi connectivity index (χ2v) is 11.6. The van der Waals surface area contributed by atoms with Gasteiger partial charge in [0.05, 0.1) is 0 Å². The van der Waals surface area contributed by atoms with Crippen LogP contribution < -0.4 is 0 Å². The number of hydrogen-bond donors (Lipinski definition) is 0. The van der Waals surface area contributed by atoms with E-state index in [1.807, 2.05) is 24.3 Å². The van der Waals surface area contributed by atoms with Crippen molar-refractivity contribution >= 4 is 43.1 Å². The van der Waals surface area contributed by atoms with E-state index in [-0.39, 0.29) is 0 Å². The normalized spacial score (nSPS) is 11.5. The van der Waals surface area contributed by atoms with Gasteiger partial charge in [0.2, 0.25) is 0 Å². The number of aromatic nitrogens is 3. The van der Waals surface area contributed by atoms with Crippen molar-refractivity contribution in [2.75, 3.05) is 0 Å². The highest BCUT2D eigenvalue weighted by Gasteiger charge is 2.18. The number of fused-ring (bicyclic) bond motifs is 8. The first kappa shape index (κ1) is 26.2. The van der Waals surface area contributed by atoms with Crippen LogP contribution in [0.1, 0.15) is 0 Å². The monoisotopic (exact) mass is 585 g/mol. The molecule has 8 aromatic carbocycles. The molecule has 9 rings (SSSR count). The maximum Gasteiger partial charge on any atom is 0.164 e. The zero-order valence-electron chi connectivity index (χ0n) is 24.9. The lowest BCUT2D eigenvalue weighted by atomic mass is 9.89. The van der Waals surface area contributed by atoms with Crippen LogP contribution in [-0.4, -0.2) is 15.0 Å². The molecule has 0 saturated carbocycles. The topological polar surface area (TPSA) is 38.7 Å². The quantitative estimate of drug-likeness (QED) is 0.193. The van der Waals surface area contributed by atoms with Gasteiger partial charge < -0.3 is 0 Å². The molecule has 0 unspecified atom stereocenters. The molecule has 0 saturated heterocycles. The molecule has 214 valence electrons. The van der Waals surface area contributed by atoms with Gasteiger partial charge >= 0.3 is 0 Å². The largest absolute Gasteiger partial charge is 0.208 e. The van der Waals surface area contributed by atoms with Gasteiger partial charge in [0.15, 0.2) is 17.5 Å². The van der Waals surface area contributed by atoms with Gasteiger partial charge in [-0.05, 0) is 60.3 Å². The average molecular weight is 586 g/mol. The van der Waals surface area contributed by atoms with Crippen LogP contribution in [0.4, 0.5) is 0 Å². The van der Waals surface area contributed by atoms with E-state index in [0.717, 1.165) is 27.6 Å². The predicted molar refractivity (Wildman–Crippen MR) is 192 cm³/mol. The zero-order valence-corrected chi connectivity index (χ0v) is 24.9. The Morgan fingerprint density at radius 2 is 0.630 bits per heavy atom. The van der Waals surface area contributed by atoms with Crippen molar-refractivity contribution in [3.8, 4) is 45.3 Å². The summed E-state index contributed by atoms with van der Waals surface area (Å²) in [6.07, 6.45) is 0. The Bertz CT molecular complexity index is 2560. The molecule has 1 aromatic heterocycles. The Kier molecular flexibility index (Phi) is 6.14. The molecule has 9 aromatic rings. The van der Waals surface area contributed by atoms with E-state index in [0.29, 0.717) is 17.5 Å². The maximum absolute atomic E-state index is 5.18. The van der Waals surface area contributed by atoms with Crippen LogP contribution in [0, 0.1) is 0 Å². The van der Waals surface area contributed by atoms with Gasteiger partial charge in [0.1, 0.15) is 0 Å². The van der Waals surface area contributed by atoms with Gasteiger partial charge in [0.25, 0.3) is 0 Å². The Hall–Kier alpha value is -6.19. The van der Waals surface area contributed by atoms with E-state index < -0.39 is 0 Å². The van der Waals surface area contributed by atoms with Crippen molar-refractivity contribution in [2.45, 2.75) is 0 Å². The molecule has 0 aliphatic carbocycles. The molecule has 46 heavy (non-hydrogen) atoms. The van der Waals surface area contributed by atoms with Crippen molar-refractivity contribution in [3.63, 3.8) is 0 Å². The minimum atomic E-state index is 0.649. The Balaban J connectivity index is 1.33. The predicted octanol–water partition coefficient (Wildman–Crippen LogP) is 11.2. The summed E-state index contributed by atoms with van der Waals surface area (Å²) in [7, 11) is 0. The van der Waals surface area contributed by atoms with Crippen LogP contribution in [0.3, 0.4) is 0 Å². The highest BCUT2D eigenvalue weighted by molar-refractivity contribution is 6.32. The summed E-state index contributed by atoms with van der Waals surface area (Å²) in [5.41, 5.74) is 5.22. The molecule has 0 bridgehead atoms. The standard InChI is InChI=1S/C43H27N3/c1-3-13-28(14-4-1)29-23-25-31(26-24-29)42-44-41(30-15-5-2-6-16-30)45-43(46-42)39-27-38-34-19-8-7-17-32(34)33-18-9-11-21-36(33)40(38)37-22-12-10-20-35(37)39/h1-27H. The lowest BCUT2D eigenvalue weighted by Gasteiger charge is -2.16. The molecule has 0 fully saturated rings. The molecule has 3 heteroatoms. The van der Waals surface area contributed by atoms with Gasteiger partial charge in [-0.2, -0.15) is 0 Å². The molecular formula is C43H27N3. The Morgan fingerprint density at radius 3 is 1.24 bits per heavy atom. The van der Waals surface area contributed by atoms with E-state index in [1.54, 1.807) is 0 Å². The highest BCUT2D eigenvalue weighted by Crippen LogP contribution is 2.42. The zero-order chi connectivity index (χ0) is 30.5. The molecule has 0 radical (unpaired) electrons. The van der Waals surface area contributed by atoms with Gasteiger partial charge in [-0.3, -0.25) is 0 Å². The molecule has 0 aliphatic rings. The lowest BCUT2D eigenvalue weighted by Crippen LogP contribution is -2.01. The molecule has 0 amide bonds. The van der Waals surface area contributed by atoms with Crippen molar-refractivity contribution in [1.29, 1.82) is 0 Å². The third kappa shape index (κ3) is 4.33. The lowest BCUT2D eigenvalue weighted by molar-refractivity contribution is 1.08. The third-order valence-electron chi connectivity index (χ3n) is 8.91. The SMILES string of the molecule is c1ccc(-c2ccc(-c3nc(-c4ccccc4)nc(-c4cc5c6ccccc6c6ccccc6c5c5ccccc45)n3)cc2)cc1. The van der Waals surface area contributed by atoms with Crippen LogP contribution >= 0.6 is 0 Å². The second kappa shape index (κ2) is 10.8. The fourth-order valence-electron chi connectivity index (χ4n) is 6.74. The molecule has 3 nitrogen and oxygen atoms in total. The van der Waals surface area contributed by atoms with Crippen LogP contribution in [0.2, 0.25) is 0 Å². The summed E-state index contributed by atoms with van der Waals surface area (Å²) < 4.78 is 0. The average Bonchev–Trinajstić information content (AvgIpc) is 3.15. The Labute approximate surface area is 266 Å². The van der Waals surface area contributed by atoms with Crippen LogP contribution in [0.25, 0.3) is 88.4 Å². The summed E-state index contributed by atoms with van der Waals surface area (Å²) >= 11 is 0. The number of nitrogens with zero attached hydrogens (tertiary/aromatic N) is 3. The molecule has 0 aliphatic heterocycles. The van der Waals surface area contributed by atoms with E-state index in [9.17, 15) is 0 Å². The van der Waals surface area contributed by atoms with E-state index in [2.05, 4.69) is 140 Å². The fourth-order valence-corrected chi connectivity index (χ4v) is 6.74. The van der Waals surface area contributed by atoms with Crippen molar-refractivity contribution < 1.29 is 0 Å². The first-order chi connectivity index (χ1) is 22.8. The van der Waals surface area contributed by atoms with Crippen LogP contribution in [0.15, 0.2) is 164 Å². The smallest absolute Gasteiger partial charge is 0.164 e. The summed E-state index contributed by atoms with van der Waals surface area (Å²) in [4.78, 5) is 15.3. The first-order valence-corrected chi connectivity index (χ1v) is 15.5. The molecule has 0 atom stereocenters. The van der Waals surface area contributed by atoms with Crippen molar-refractivity contribution in [1.82, 2.24) is 15.0 Å². The van der Waals surface area contributed by atoms with Gasteiger partial charge in [-0.1, -0.05) is 158 Å². The van der Waals surface area contributed by atoms with E-state index in [4.69, 9.17) is 15.0 Å². The number of rotatable bonds is 4. The van der Waals surface area contributed by atoms with Gasteiger partial charge in [-0.25, -0.2) is 15.0 Å². The van der Waals surface area contributed by atoms with Crippen LogP contribution in [-0.2, 0) is 0 Å². The number of benzene rings is 8. The van der Waals surface area contributed by atoms with Crippen molar-refractivity contribution in [3.05, 3.63) is 164 Å². The third-order valence-corrected chi connectivity index (χ3v) is 8.91. The highest BCUT2D eigenvalue weighted by atomic mass is 15.0. The molecular weight excluding hydrogens is 558 g/mol. The first-order valence-electron chi connectivity index (χ1n) is 15.5. The van der Waals surface area contributed by atoms with E-state index in [1.165, 1.54) is 43.3 Å². The minimum Gasteiger partial charge on any atom is -0.208 e. The van der Waals surface area contributed by atoms with Gasteiger partial charge in [0, 0.05) is 16.7 Å². The second-order valence-electron chi connectivity index (χ2n) is 11.6. The minimum absolute atomic E-state index is 0.649. The molecule has 0 spiro atoms. The van der Waals surface area contributed by atoms with E-state index >= 15 is 0 Å². The Morgan fingerprint density at radius 1 is 0.261 bits per heavy atom. The van der Waals surface area contributed by atoms with Crippen LogP contribution in [0.5, 0.6) is 0 Å². The molecule has 0 N–H and O–H groups in total. The summed E-state index contributed by atoms with van der Waals surface area (Å²) in [6.45, 7) is 0. The summed E-state index contributed by atoms with van der Waals surface area (Å²) in [5, 5.41) is 9.72. The maximum atomic E-state index is 5.18.